The molecule has 33 heavy (non-hydrogen) atoms. The SMILES string of the molecule is CC(NC(=O)c1cc2n(n1)CCCN(Cc1ccccc1)C2=O)C(=O)NCCN1CCCC1. The van der Waals surface area contributed by atoms with Crippen molar-refractivity contribution in [2.45, 2.75) is 45.3 Å². The summed E-state index contributed by atoms with van der Waals surface area (Å²) in [6.45, 7) is 6.89. The molecule has 0 spiro atoms. The van der Waals surface area contributed by atoms with Crippen LogP contribution >= 0.6 is 0 Å². The number of amides is 3. The van der Waals surface area contributed by atoms with E-state index in [9.17, 15) is 14.4 Å². The zero-order chi connectivity index (χ0) is 23.2. The van der Waals surface area contributed by atoms with Gasteiger partial charge in [-0.2, -0.15) is 5.10 Å². The number of aryl methyl sites for hydroxylation is 1. The first-order chi connectivity index (χ1) is 16.0. The Bertz CT molecular complexity index is 983. The molecule has 4 rings (SSSR count). The highest BCUT2D eigenvalue weighted by Gasteiger charge is 2.27. The lowest BCUT2D eigenvalue weighted by Crippen LogP contribution is -2.46. The van der Waals surface area contributed by atoms with Gasteiger partial charge in [-0.15, -0.1) is 0 Å². The van der Waals surface area contributed by atoms with Gasteiger partial charge in [0.2, 0.25) is 5.91 Å². The van der Waals surface area contributed by atoms with Gasteiger partial charge in [-0.3, -0.25) is 19.1 Å². The number of nitrogens with one attached hydrogen (secondary N) is 2. The van der Waals surface area contributed by atoms with E-state index >= 15 is 0 Å². The van der Waals surface area contributed by atoms with Crippen LogP contribution in [0.2, 0.25) is 0 Å². The standard InChI is InChI=1S/C24H32N6O3/c1-18(22(31)25-10-15-28-11-5-6-12-28)26-23(32)20-16-21-24(33)29(13-7-14-30(21)27-20)17-19-8-3-2-4-9-19/h2-4,8-9,16,18H,5-7,10-15,17H2,1H3,(H,25,31)(H,26,32). The topological polar surface area (TPSA) is 99.6 Å². The molecule has 3 heterocycles. The van der Waals surface area contributed by atoms with Crippen LogP contribution in [0.1, 0.15) is 52.7 Å². The Morgan fingerprint density at radius 2 is 1.82 bits per heavy atom. The van der Waals surface area contributed by atoms with Crippen LogP contribution in [0.4, 0.5) is 0 Å². The maximum absolute atomic E-state index is 13.1. The van der Waals surface area contributed by atoms with Crippen molar-refractivity contribution in [3.63, 3.8) is 0 Å². The lowest BCUT2D eigenvalue weighted by atomic mass is 10.2. The molecule has 3 amide bonds. The Morgan fingerprint density at radius 1 is 1.06 bits per heavy atom. The van der Waals surface area contributed by atoms with E-state index < -0.39 is 11.9 Å². The number of benzene rings is 1. The second-order valence-electron chi connectivity index (χ2n) is 8.74. The van der Waals surface area contributed by atoms with Crippen molar-refractivity contribution in [1.29, 1.82) is 0 Å². The Morgan fingerprint density at radius 3 is 2.58 bits per heavy atom. The van der Waals surface area contributed by atoms with Gasteiger partial charge in [-0.1, -0.05) is 30.3 Å². The zero-order valence-electron chi connectivity index (χ0n) is 19.1. The summed E-state index contributed by atoms with van der Waals surface area (Å²) in [5.74, 6) is -0.829. The number of nitrogens with zero attached hydrogens (tertiary/aromatic N) is 4. The lowest BCUT2D eigenvalue weighted by molar-refractivity contribution is -0.122. The van der Waals surface area contributed by atoms with Crippen molar-refractivity contribution in [2.24, 2.45) is 0 Å². The van der Waals surface area contributed by atoms with Gasteiger partial charge < -0.3 is 20.4 Å². The summed E-state index contributed by atoms with van der Waals surface area (Å²) < 4.78 is 1.60. The van der Waals surface area contributed by atoms with Crippen LogP contribution in [0, 0.1) is 0 Å². The Hall–Kier alpha value is -3.20. The van der Waals surface area contributed by atoms with Gasteiger partial charge in [0.25, 0.3) is 11.8 Å². The minimum Gasteiger partial charge on any atom is -0.353 e. The van der Waals surface area contributed by atoms with E-state index in [0.29, 0.717) is 31.9 Å². The molecule has 0 saturated carbocycles. The van der Waals surface area contributed by atoms with Crippen molar-refractivity contribution in [2.75, 3.05) is 32.7 Å². The lowest BCUT2D eigenvalue weighted by Gasteiger charge is -2.20. The van der Waals surface area contributed by atoms with Crippen molar-refractivity contribution in [3.05, 3.63) is 53.3 Å². The number of hydrogen-bond acceptors (Lipinski definition) is 5. The van der Waals surface area contributed by atoms with Crippen molar-refractivity contribution < 1.29 is 14.4 Å². The molecule has 1 unspecified atom stereocenters. The molecule has 0 radical (unpaired) electrons. The number of fused-ring (bicyclic) bond motifs is 1. The van der Waals surface area contributed by atoms with Gasteiger partial charge in [-0.05, 0) is 44.8 Å². The van der Waals surface area contributed by atoms with Crippen LogP contribution in [-0.4, -0.2) is 76.1 Å². The highest BCUT2D eigenvalue weighted by Crippen LogP contribution is 2.17. The van der Waals surface area contributed by atoms with Crippen molar-refractivity contribution in [1.82, 2.24) is 30.2 Å². The van der Waals surface area contributed by atoms with Gasteiger partial charge in [0, 0.05) is 38.8 Å². The van der Waals surface area contributed by atoms with E-state index in [0.717, 1.165) is 31.6 Å². The van der Waals surface area contributed by atoms with Crippen LogP contribution in [0.3, 0.4) is 0 Å². The molecule has 2 N–H and O–H groups in total. The molecule has 1 saturated heterocycles. The molecule has 1 aromatic heterocycles. The smallest absolute Gasteiger partial charge is 0.272 e. The van der Waals surface area contributed by atoms with Crippen LogP contribution in [0.15, 0.2) is 36.4 Å². The molecule has 0 aliphatic carbocycles. The average Bonchev–Trinajstić information content (AvgIpc) is 3.46. The van der Waals surface area contributed by atoms with E-state index in [1.54, 1.807) is 16.5 Å². The zero-order valence-corrected chi connectivity index (χ0v) is 19.1. The fourth-order valence-electron chi connectivity index (χ4n) is 4.33. The second-order valence-corrected chi connectivity index (χ2v) is 8.74. The predicted molar refractivity (Wildman–Crippen MR) is 124 cm³/mol. The number of carbonyl (C=O) groups is 3. The summed E-state index contributed by atoms with van der Waals surface area (Å²) in [5, 5.41) is 9.93. The third kappa shape index (κ3) is 5.78. The summed E-state index contributed by atoms with van der Waals surface area (Å²) in [5.41, 5.74) is 1.61. The normalized spacial score (nSPS) is 17.4. The van der Waals surface area contributed by atoms with E-state index in [1.165, 1.54) is 18.9 Å². The molecule has 2 aliphatic heterocycles. The second kappa shape index (κ2) is 10.6. The molecule has 9 heteroatoms. The van der Waals surface area contributed by atoms with Crippen LogP contribution < -0.4 is 10.6 Å². The molecular weight excluding hydrogens is 420 g/mol. The Kier molecular flexibility index (Phi) is 7.39. The monoisotopic (exact) mass is 452 g/mol. The van der Waals surface area contributed by atoms with E-state index in [-0.39, 0.29) is 17.5 Å². The first kappa shape index (κ1) is 23.0. The molecule has 1 aromatic carbocycles. The van der Waals surface area contributed by atoms with Gasteiger partial charge in [0.05, 0.1) is 0 Å². The summed E-state index contributed by atoms with van der Waals surface area (Å²) in [4.78, 5) is 42.3. The molecule has 176 valence electrons. The maximum Gasteiger partial charge on any atom is 0.272 e. The van der Waals surface area contributed by atoms with Gasteiger partial charge in [0.15, 0.2) is 5.69 Å². The minimum atomic E-state index is -0.692. The van der Waals surface area contributed by atoms with Gasteiger partial charge >= 0.3 is 0 Å². The first-order valence-corrected chi connectivity index (χ1v) is 11.7. The number of hydrogen-bond donors (Lipinski definition) is 2. The molecule has 9 nitrogen and oxygen atoms in total. The quantitative estimate of drug-likeness (QED) is 0.628. The highest BCUT2D eigenvalue weighted by molar-refractivity contribution is 5.99. The molecular formula is C24H32N6O3. The summed E-state index contributed by atoms with van der Waals surface area (Å²) in [6, 6.07) is 10.7. The minimum absolute atomic E-state index is 0.143. The fraction of sp³-hybridized carbons (Fsp3) is 0.500. The van der Waals surface area contributed by atoms with Crippen LogP contribution in [0.25, 0.3) is 0 Å². The largest absolute Gasteiger partial charge is 0.353 e. The summed E-state index contributed by atoms with van der Waals surface area (Å²) in [7, 11) is 0. The Labute approximate surface area is 194 Å². The van der Waals surface area contributed by atoms with Gasteiger partial charge in [-0.25, -0.2) is 0 Å². The molecule has 0 bridgehead atoms. The number of carbonyl (C=O) groups excluding carboxylic acids is 3. The van der Waals surface area contributed by atoms with Crippen LogP contribution in [0.5, 0.6) is 0 Å². The van der Waals surface area contributed by atoms with Crippen molar-refractivity contribution >= 4 is 17.7 Å². The number of rotatable bonds is 8. The highest BCUT2D eigenvalue weighted by atomic mass is 16.2. The molecule has 2 aliphatic rings. The van der Waals surface area contributed by atoms with E-state index in [1.807, 2.05) is 30.3 Å². The van der Waals surface area contributed by atoms with E-state index in [2.05, 4.69) is 20.6 Å². The van der Waals surface area contributed by atoms with Crippen LogP contribution in [-0.2, 0) is 17.9 Å². The third-order valence-electron chi connectivity index (χ3n) is 6.20. The number of aromatic nitrogens is 2. The molecule has 1 atom stereocenters. The predicted octanol–water partition coefficient (Wildman–Crippen LogP) is 1.26. The summed E-state index contributed by atoms with van der Waals surface area (Å²) >= 11 is 0. The van der Waals surface area contributed by atoms with Crippen molar-refractivity contribution in [3.8, 4) is 0 Å². The first-order valence-electron chi connectivity index (χ1n) is 11.7. The van der Waals surface area contributed by atoms with Gasteiger partial charge in [0.1, 0.15) is 11.7 Å². The Balaban J connectivity index is 1.33. The van der Waals surface area contributed by atoms with E-state index in [4.69, 9.17) is 0 Å². The summed E-state index contributed by atoms with van der Waals surface area (Å²) in [6.07, 6.45) is 3.17. The maximum atomic E-state index is 13.1. The molecule has 1 fully saturated rings. The molecule has 2 aromatic rings. The fourth-order valence-corrected chi connectivity index (χ4v) is 4.33. The average molecular weight is 453 g/mol. The number of likely N-dealkylation sites (tertiary alicyclic amines) is 1. The third-order valence-corrected chi connectivity index (χ3v) is 6.20.